The van der Waals surface area contributed by atoms with E-state index in [4.69, 9.17) is 0 Å². The molecule has 5 aromatic rings. The van der Waals surface area contributed by atoms with E-state index in [1.165, 1.54) is 15.9 Å². The summed E-state index contributed by atoms with van der Waals surface area (Å²) in [5.41, 5.74) is 2.89. The molecule has 142 valence electrons. The number of anilines is 1. The lowest BCUT2D eigenvalue weighted by molar-refractivity contribution is 0.937. The molecule has 0 atom stereocenters. The van der Waals surface area contributed by atoms with Crippen LogP contribution in [0.2, 0.25) is 0 Å². The second kappa shape index (κ2) is 6.83. The smallest absolute Gasteiger partial charge is 0.291 e. The molecule has 0 aliphatic heterocycles. The van der Waals surface area contributed by atoms with Crippen LogP contribution in [0.15, 0.2) is 71.5 Å². The van der Waals surface area contributed by atoms with Crippen LogP contribution in [-0.4, -0.2) is 28.7 Å². The molecule has 0 spiro atoms. The quantitative estimate of drug-likeness (QED) is 0.466. The van der Waals surface area contributed by atoms with Crippen LogP contribution < -0.4 is 15.0 Å². The van der Waals surface area contributed by atoms with E-state index in [9.17, 15) is 4.79 Å². The fourth-order valence-electron chi connectivity index (χ4n) is 3.39. The largest absolute Gasteiger partial charge is 0.378 e. The van der Waals surface area contributed by atoms with Gasteiger partial charge in [-0.3, -0.25) is 4.79 Å². The highest BCUT2D eigenvalue weighted by Crippen LogP contribution is 2.26. The minimum atomic E-state index is -0.138. The van der Waals surface area contributed by atoms with Gasteiger partial charge in [0.1, 0.15) is 0 Å². The zero-order valence-corrected chi connectivity index (χ0v) is 16.9. The van der Waals surface area contributed by atoms with E-state index < -0.39 is 0 Å². The van der Waals surface area contributed by atoms with E-state index in [2.05, 4.69) is 28.3 Å². The molecular weight excluding hydrogens is 380 g/mol. The first kappa shape index (κ1) is 17.6. The van der Waals surface area contributed by atoms with Crippen molar-refractivity contribution >= 4 is 38.8 Å². The zero-order valence-electron chi connectivity index (χ0n) is 16.0. The van der Waals surface area contributed by atoms with Crippen LogP contribution >= 0.6 is 11.3 Å². The highest BCUT2D eigenvalue weighted by molar-refractivity contribution is 7.15. The molecule has 0 saturated heterocycles. The molecule has 0 saturated carbocycles. The number of benzene rings is 3. The lowest BCUT2D eigenvalue weighted by Gasteiger charge is -2.11. The van der Waals surface area contributed by atoms with Crippen LogP contribution in [0.5, 0.6) is 0 Å². The van der Waals surface area contributed by atoms with Gasteiger partial charge in [-0.1, -0.05) is 65.9 Å². The average Bonchev–Trinajstić information content (AvgIpc) is 3.27. The van der Waals surface area contributed by atoms with Crippen molar-refractivity contribution in [3.8, 4) is 11.4 Å². The van der Waals surface area contributed by atoms with E-state index in [0.29, 0.717) is 15.3 Å². The minimum absolute atomic E-state index is 0.138. The maximum atomic E-state index is 12.8. The third-order valence-electron chi connectivity index (χ3n) is 4.92. The predicted molar refractivity (Wildman–Crippen MR) is 120 cm³/mol. The average molecular weight is 398 g/mol. The van der Waals surface area contributed by atoms with Gasteiger partial charge in [-0.15, -0.1) is 5.10 Å². The van der Waals surface area contributed by atoms with Crippen molar-refractivity contribution in [3.05, 3.63) is 87.2 Å². The van der Waals surface area contributed by atoms with Crippen LogP contribution in [0.3, 0.4) is 0 Å². The summed E-state index contributed by atoms with van der Waals surface area (Å²) in [4.78, 5) is 20.1. The van der Waals surface area contributed by atoms with Crippen molar-refractivity contribution in [1.82, 2.24) is 14.6 Å². The van der Waals surface area contributed by atoms with Crippen molar-refractivity contribution < 1.29 is 0 Å². The fraction of sp³-hybridized carbons (Fsp3) is 0.0870. The van der Waals surface area contributed by atoms with Gasteiger partial charge < -0.3 is 4.90 Å². The van der Waals surface area contributed by atoms with Gasteiger partial charge in [0.05, 0.1) is 4.53 Å². The first-order valence-electron chi connectivity index (χ1n) is 9.27. The zero-order chi connectivity index (χ0) is 20.0. The van der Waals surface area contributed by atoms with Gasteiger partial charge in [0, 0.05) is 25.3 Å². The molecule has 2 heterocycles. The fourth-order valence-corrected chi connectivity index (χ4v) is 4.30. The molecule has 0 unspecified atom stereocenters. The SMILES string of the molecule is CN(C)c1ccc(/C=c2/sc3nc(-c4cccc5ccccc45)nn3c2=O)cc1. The monoisotopic (exact) mass is 398 g/mol. The Morgan fingerprint density at radius 3 is 2.48 bits per heavy atom. The highest BCUT2D eigenvalue weighted by atomic mass is 32.1. The summed E-state index contributed by atoms with van der Waals surface area (Å²) in [5, 5.41) is 6.71. The Morgan fingerprint density at radius 1 is 0.966 bits per heavy atom. The molecule has 0 amide bonds. The van der Waals surface area contributed by atoms with Crippen LogP contribution in [0, 0.1) is 0 Å². The Kier molecular flexibility index (Phi) is 4.14. The Morgan fingerprint density at radius 2 is 1.72 bits per heavy atom. The van der Waals surface area contributed by atoms with Gasteiger partial charge in [-0.2, -0.15) is 9.50 Å². The summed E-state index contributed by atoms with van der Waals surface area (Å²) >= 11 is 1.36. The maximum Gasteiger partial charge on any atom is 0.291 e. The third kappa shape index (κ3) is 3.07. The Hall–Kier alpha value is -3.51. The Bertz CT molecular complexity index is 1440. The van der Waals surface area contributed by atoms with Gasteiger partial charge in [-0.25, -0.2) is 0 Å². The number of nitrogens with zero attached hydrogens (tertiary/aromatic N) is 4. The van der Waals surface area contributed by atoms with Gasteiger partial charge in [0.15, 0.2) is 5.82 Å². The first-order valence-corrected chi connectivity index (χ1v) is 10.1. The standard InChI is InChI=1S/C23H18N4OS/c1-26(2)17-12-10-15(11-13-17)14-20-22(28)27-23(29-20)24-21(25-27)19-9-5-7-16-6-3-4-8-18(16)19/h3-14H,1-2H3/b20-14+. The van der Waals surface area contributed by atoms with Crippen LogP contribution in [0.25, 0.3) is 33.2 Å². The van der Waals surface area contributed by atoms with Gasteiger partial charge in [0.25, 0.3) is 5.56 Å². The molecule has 2 aromatic heterocycles. The lowest BCUT2D eigenvalue weighted by atomic mass is 10.0. The van der Waals surface area contributed by atoms with Crippen molar-refractivity contribution in [2.45, 2.75) is 0 Å². The molecule has 5 rings (SSSR count). The molecule has 0 aliphatic carbocycles. The molecule has 0 radical (unpaired) electrons. The number of thiazole rings is 1. The molecule has 0 aliphatic rings. The topological polar surface area (TPSA) is 50.5 Å². The van der Waals surface area contributed by atoms with E-state index in [1.807, 2.05) is 73.6 Å². The summed E-state index contributed by atoms with van der Waals surface area (Å²) < 4.78 is 2.03. The van der Waals surface area contributed by atoms with Gasteiger partial charge >= 0.3 is 0 Å². The van der Waals surface area contributed by atoms with E-state index in [0.717, 1.165) is 27.6 Å². The number of fused-ring (bicyclic) bond motifs is 2. The molecule has 6 heteroatoms. The summed E-state index contributed by atoms with van der Waals surface area (Å²) in [6.07, 6.45) is 1.89. The van der Waals surface area contributed by atoms with Gasteiger partial charge in [-0.05, 0) is 34.5 Å². The van der Waals surface area contributed by atoms with E-state index in [1.54, 1.807) is 0 Å². The number of aromatic nitrogens is 3. The summed E-state index contributed by atoms with van der Waals surface area (Å²) in [7, 11) is 4.00. The summed E-state index contributed by atoms with van der Waals surface area (Å²) in [6.45, 7) is 0. The van der Waals surface area contributed by atoms with E-state index in [-0.39, 0.29) is 5.56 Å². The lowest BCUT2D eigenvalue weighted by Crippen LogP contribution is -2.23. The summed E-state index contributed by atoms with van der Waals surface area (Å²) in [6, 6.07) is 22.2. The molecule has 5 nitrogen and oxygen atoms in total. The van der Waals surface area contributed by atoms with E-state index >= 15 is 0 Å². The van der Waals surface area contributed by atoms with Crippen molar-refractivity contribution in [2.75, 3.05) is 19.0 Å². The molecule has 0 fully saturated rings. The van der Waals surface area contributed by atoms with Crippen molar-refractivity contribution in [2.24, 2.45) is 0 Å². The predicted octanol–water partition coefficient (Wildman–Crippen LogP) is 3.58. The van der Waals surface area contributed by atoms with Gasteiger partial charge in [0.2, 0.25) is 4.96 Å². The molecule has 29 heavy (non-hydrogen) atoms. The Balaban J connectivity index is 1.59. The summed E-state index contributed by atoms with van der Waals surface area (Å²) in [5.74, 6) is 0.576. The first-order chi connectivity index (χ1) is 14.1. The minimum Gasteiger partial charge on any atom is -0.378 e. The molecular formula is C23H18N4OS. The Labute approximate surface area is 171 Å². The highest BCUT2D eigenvalue weighted by Gasteiger charge is 2.13. The third-order valence-corrected chi connectivity index (χ3v) is 5.88. The van der Waals surface area contributed by atoms with Crippen molar-refractivity contribution in [3.63, 3.8) is 0 Å². The van der Waals surface area contributed by atoms with Crippen LogP contribution in [-0.2, 0) is 0 Å². The number of hydrogen-bond acceptors (Lipinski definition) is 5. The second-order valence-corrected chi connectivity index (χ2v) is 8.07. The van der Waals surface area contributed by atoms with Crippen molar-refractivity contribution in [1.29, 1.82) is 0 Å². The molecule has 0 N–H and O–H groups in total. The molecule has 0 bridgehead atoms. The second-order valence-electron chi connectivity index (χ2n) is 7.06. The number of rotatable bonds is 3. The number of hydrogen-bond donors (Lipinski definition) is 0. The van der Waals surface area contributed by atoms with Crippen LogP contribution in [0.1, 0.15) is 5.56 Å². The molecule has 3 aromatic carbocycles. The maximum absolute atomic E-state index is 12.8. The normalized spacial score (nSPS) is 12.1. The van der Waals surface area contributed by atoms with Crippen LogP contribution in [0.4, 0.5) is 5.69 Å².